The predicted molar refractivity (Wildman–Crippen MR) is 105 cm³/mol. The molecule has 3 rings (SSSR count). The number of aromatic nitrogens is 2. The Balaban J connectivity index is 1.73. The summed E-state index contributed by atoms with van der Waals surface area (Å²) in [6, 6.07) is 15.4. The van der Waals surface area contributed by atoms with Crippen LogP contribution in [0.3, 0.4) is 0 Å². The molecule has 0 saturated heterocycles. The van der Waals surface area contributed by atoms with Crippen LogP contribution in [0.4, 0.5) is 23.0 Å². The van der Waals surface area contributed by atoms with E-state index in [1.54, 1.807) is 42.5 Å². The van der Waals surface area contributed by atoms with Crippen molar-refractivity contribution in [3.63, 3.8) is 0 Å². The van der Waals surface area contributed by atoms with Gasteiger partial charge in [0, 0.05) is 35.2 Å². The molecule has 8 heteroatoms. The quantitative estimate of drug-likeness (QED) is 0.618. The Bertz CT molecular complexity index is 993. The summed E-state index contributed by atoms with van der Waals surface area (Å²) in [5.41, 5.74) is 2.03. The molecule has 1 heterocycles. The van der Waals surface area contributed by atoms with Gasteiger partial charge in [0.15, 0.2) is 0 Å². The number of halogens is 1. The largest absolute Gasteiger partial charge is 0.326 e. The maximum atomic E-state index is 12.5. The van der Waals surface area contributed by atoms with Crippen LogP contribution in [-0.4, -0.2) is 21.8 Å². The molecule has 0 unspecified atom stereocenters. The first-order valence-electron chi connectivity index (χ1n) is 8.04. The number of anilines is 4. The third-order valence-corrected chi connectivity index (χ3v) is 3.64. The second-order valence-corrected chi connectivity index (χ2v) is 6.05. The Labute approximate surface area is 160 Å². The molecule has 27 heavy (non-hydrogen) atoms. The minimum atomic E-state index is -0.397. The van der Waals surface area contributed by atoms with Crippen LogP contribution in [0.25, 0.3) is 0 Å². The average Bonchev–Trinajstić information content (AvgIpc) is 2.62. The van der Waals surface area contributed by atoms with Crippen LogP contribution < -0.4 is 16.0 Å². The lowest BCUT2D eigenvalue weighted by atomic mass is 10.2. The van der Waals surface area contributed by atoms with Gasteiger partial charge in [-0.25, -0.2) is 9.97 Å². The zero-order chi connectivity index (χ0) is 19.2. The maximum Gasteiger partial charge on any atom is 0.274 e. The third-order valence-electron chi connectivity index (χ3n) is 3.41. The molecule has 0 saturated carbocycles. The highest BCUT2D eigenvalue weighted by Crippen LogP contribution is 2.19. The van der Waals surface area contributed by atoms with Crippen LogP contribution in [0.15, 0.2) is 60.8 Å². The summed E-state index contributed by atoms with van der Waals surface area (Å²) in [6.45, 7) is 1.42. The highest BCUT2D eigenvalue weighted by Gasteiger charge is 2.10. The van der Waals surface area contributed by atoms with E-state index in [2.05, 4.69) is 25.9 Å². The molecule has 0 atom stereocenters. The normalized spacial score (nSPS) is 10.1. The molecule has 2 aromatic carbocycles. The smallest absolute Gasteiger partial charge is 0.274 e. The zero-order valence-corrected chi connectivity index (χ0v) is 15.1. The van der Waals surface area contributed by atoms with Gasteiger partial charge in [0.1, 0.15) is 5.69 Å². The fourth-order valence-electron chi connectivity index (χ4n) is 2.31. The first kappa shape index (κ1) is 18.3. The van der Waals surface area contributed by atoms with Crippen LogP contribution in [0, 0.1) is 0 Å². The molecule has 0 radical (unpaired) electrons. The molecule has 7 nitrogen and oxygen atoms in total. The Morgan fingerprint density at radius 1 is 0.926 bits per heavy atom. The summed E-state index contributed by atoms with van der Waals surface area (Å²) < 4.78 is 0. The molecule has 0 aliphatic rings. The van der Waals surface area contributed by atoms with Gasteiger partial charge in [-0.1, -0.05) is 23.7 Å². The Morgan fingerprint density at radius 3 is 2.37 bits per heavy atom. The monoisotopic (exact) mass is 381 g/mol. The van der Waals surface area contributed by atoms with E-state index in [9.17, 15) is 9.59 Å². The number of rotatable bonds is 5. The number of carbonyl (C=O) groups excluding carboxylic acids is 2. The third kappa shape index (κ3) is 5.26. The number of carbonyl (C=O) groups is 2. The fraction of sp³-hybridized carbons (Fsp3) is 0.0526. The van der Waals surface area contributed by atoms with Crippen molar-refractivity contribution >= 4 is 46.4 Å². The molecule has 3 N–H and O–H groups in total. The average molecular weight is 382 g/mol. The summed E-state index contributed by atoms with van der Waals surface area (Å²) in [7, 11) is 0. The minimum absolute atomic E-state index is 0.189. The Kier molecular flexibility index (Phi) is 5.63. The molecular formula is C19H16ClN5O2. The topological polar surface area (TPSA) is 96.0 Å². The highest BCUT2D eigenvalue weighted by molar-refractivity contribution is 6.30. The van der Waals surface area contributed by atoms with Gasteiger partial charge in [0.05, 0.1) is 0 Å². The first-order valence-corrected chi connectivity index (χ1v) is 8.42. The van der Waals surface area contributed by atoms with Gasteiger partial charge in [0.25, 0.3) is 5.91 Å². The zero-order valence-electron chi connectivity index (χ0n) is 14.4. The SMILES string of the molecule is CC(=O)Nc1cccc(NC(=O)c2ccnc(Nc3cccc(Cl)c3)n2)c1. The van der Waals surface area contributed by atoms with E-state index in [0.717, 1.165) is 0 Å². The molecule has 0 fully saturated rings. The fourth-order valence-corrected chi connectivity index (χ4v) is 2.50. The molecule has 2 amide bonds. The van der Waals surface area contributed by atoms with Gasteiger partial charge in [-0.2, -0.15) is 0 Å². The number of benzene rings is 2. The van der Waals surface area contributed by atoms with Crippen molar-refractivity contribution in [2.24, 2.45) is 0 Å². The van der Waals surface area contributed by atoms with Crippen molar-refractivity contribution in [1.29, 1.82) is 0 Å². The van der Waals surface area contributed by atoms with Crippen LogP contribution in [0.5, 0.6) is 0 Å². The van der Waals surface area contributed by atoms with Crippen LogP contribution in [-0.2, 0) is 4.79 Å². The van der Waals surface area contributed by atoms with Crippen molar-refractivity contribution in [1.82, 2.24) is 9.97 Å². The van der Waals surface area contributed by atoms with Crippen molar-refractivity contribution in [3.05, 3.63) is 71.5 Å². The molecule has 0 aliphatic carbocycles. The number of nitrogens with zero attached hydrogens (tertiary/aromatic N) is 2. The van der Waals surface area contributed by atoms with Gasteiger partial charge in [-0.15, -0.1) is 0 Å². The van der Waals surface area contributed by atoms with Crippen molar-refractivity contribution in [2.45, 2.75) is 6.92 Å². The minimum Gasteiger partial charge on any atom is -0.326 e. The van der Waals surface area contributed by atoms with Crippen molar-refractivity contribution in [2.75, 3.05) is 16.0 Å². The van der Waals surface area contributed by atoms with E-state index >= 15 is 0 Å². The maximum absolute atomic E-state index is 12.5. The van der Waals surface area contributed by atoms with Gasteiger partial charge in [-0.05, 0) is 42.5 Å². The highest BCUT2D eigenvalue weighted by atomic mass is 35.5. The van der Waals surface area contributed by atoms with E-state index in [1.165, 1.54) is 19.2 Å². The molecule has 1 aromatic heterocycles. The van der Waals surface area contributed by atoms with E-state index in [4.69, 9.17) is 11.6 Å². The number of hydrogen-bond acceptors (Lipinski definition) is 5. The second kappa shape index (κ2) is 8.29. The van der Waals surface area contributed by atoms with Crippen molar-refractivity contribution < 1.29 is 9.59 Å². The lowest BCUT2D eigenvalue weighted by Crippen LogP contribution is -2.15. The van der Waals surface area contributed by atoms with E-state index in [-0.39, 0.29) is 17.5 Å². The number of hydrogen-bond donors (Lipinski definition) is 3. The number of nitrogens with one attached hydrogen (secondary N) is 3. The lowest BCUT2D eigenvalue weighted by molar-refractivity contribution is -0.114. The van der Waals surface area contributed by atoms with Crippen LogP contribution in [0.2, 0.25) is 5.02 Å². The van der Waals surface area contributed by atoms with Gasteiger partial charge < -0.3 is 16.0 Å². The van der Waals surface area contributed by atoms with E-state index in [0.29, 0.717) is 22.1 Å². The van der Waals surface area contributed by atoms with E-state index in [1.807, 2.05) is 6.07 Å². The van der Waals surface area contributed by atoms with Crippen molar-refractivity contribution in [3.8, 4) is 0 Å². The molecule has 3 aromatic rings. The Hall–Kier alpha value is -3.45. The van der Waals surface area contributed by atoms with Gasteiger partial charge in [-0.3, -0.25) is 9.59 Å². The Morgan fingerprint density at radius 2 is 1.63 bits per heavy atom. The summed E-state index contributed by atoms with van der Waals surface area (Å²) in [5.74, 6) is -0.311. The van der Waals surface area contributed by atoms with Crippen LogP contribution in [0.1, 0.15) is 17.4 Å². The molecule has 136 valence electrons. The molecule has 0 bridgehead atoms. The molecule has 0 spiro atoms. The summed E-state index contributed by atoms with van der Waals surface area (Å²) in [6.07, 6.45) is 1.49. The lowest BCUT2D eigenvalue weighted by Gasteiger charge is -2.09. The predicted octanol–water partition coefficient (Wildman–Crippen LogP) is 4.08. The molecular weight excluding hydrogens is 366 g/mol. The summed E-state index contributed by atoms with van der Waals surface area (Å²) >= 11 is 5.96. The second-order valence-electron chi connectivity index (χ2n) is 5.62. The standard InChI is InChI=1S/C19H16ClN5O2/c1-12(26)22-15-6-3-7-16(11-15)23-18(27)17-8-9-21-19(25-17)24-14-5-2-4-13(20)10-14/h2-11H,1H3,(H,22,26)(H,23,27)(H,21,24,25). The summed E-state index contributed by atoms with van der Waals surface area (Å²) in [4.78, 5) is 31.9. The first-order chi connectivity index (χ1) is 13.0. The van der Waals surface area contributed by atoms with Crippen LogP contribution >= 0.6 is 11.6 Å². The molecule has 0 aliphatic heterocycles. The van der Waals surface area contributed by atoms with Gasteiger partial charge in [0.2, 0.25) is 11.9 Å². The van der Waals surface area contributed by atoms with Gasteiger partial charge >= 0.3 is 0 Å². The summed E-state index contributed by atoms with van der Waals surface area (Å²) in [5, 5.41) is 8.98. The number of amides is 2. The van der Waals surface area contributed by atoms with E-state index < -0.39 is 5.91 Å².